The molecule has 1 N–H and O–H groups in total. The zero-order valence-electron chi connectivity index (χ0n) is 12.3. The van der Waals surface area contributed by atoms with Gasteiger partial charge in [0.15, 0.2) is 5.41 Å². The van der Waals surface area contributed by atoms with E-state index in [1.54, 1.807) is 13.0 Å². The molecule has 4 nitrogen and oxygen atoms in total. The number of carbonyl (C=O) groups is 2. The van der Waals surface area contributed by atoms with Gasteiger partial charge in [-0.25, -0.2) is 0 Å². The van der Waals surface area contributed by atoms with Crippen LogP contribution in [-0.4, -0.2) is 18.5 Å². The van der Waals surface area contributed by atoms with E-state index in [0.29, 0.717) is 11.3 Å². The van der Waals surface area contributed by atoms with Gasteiger partial charge < -0.3 is 10.1 Å². The number of ether oxygens (including phenoxy) is 1. The number of carbonyl (C=O) groups excluding carboxylic acids is 2. The molecule has 0 bridgehead atoms. The molecule has 2 aromatic rings. The van der Waals surface area contributed by atoms with Crippen LogP contribution in [0.4, 0.5) is 5.69 Å². The lowest BCUT2D eigenvalue weighted by atomic mass is 9.76. The van der Waals surface area contributed by atoms with E-state index in [1.807, 2.05) is 48.5 Å². The minimum absolute atomic E-state index is 0.241. The van der Waals surface area contributed by atoms with Crippen LogP contribution in [0.2, 0.25) is 0 Å². The minimum atomic E-state index is -1.31. The van der Waals surface area contributed by atoms with Crippen LogP contribution in [-0.2, 0) is 26.2 Å². The number of fused-ring (bicyclic) bond motifs is 1. The Kier molecular flexibility index (Phi) is 3.67. The summed E-state index contributed by atoms with van der Waals surface area (Å²) < 4.78 is 5.23. The number of hydrogen-bond acceptors (Lipinski definition) is 3. The average molecular weight is 295 g/mol. The van der Waals surface area contributed by atoms with E-state index in [1.165, 1.54) is 0 Å². The Labute approximate surface area is 129 Å². The highest BCUT2D eigenvalue weighted by Gasteiger charge is 2.54. The fourth-order valence-electron chi connectivity index (χ4n) is 2.92. The van der Waals surface area contributed by atoms with Gasteiger partial charge in [-0.05, 0) is 18.6 Å². The fourth-order valence-corrected chi connectivity index (χ4v) is 2.92. The van der Waals surface area contributed by atoms with Crippen molar-refractivity contribution in [1.82, 2.24) is 0 Å². The summed E-state index contributed by atoms with van der Waals surface area (Å²) in [5, 5.41) is 2.81. The molecule has 0 radical (unpaired) electrons. The van der Waals surface area contributed by atoms with Crippen LogP contribution in [0.5, 0.6) is 0 Å². The Hall–Kier alpha value is -2.62. The van der Waals surface area contributed by atoms with Crippen LogP contribution in [0.3, 0.4) is 0 Å². The molecule has 2 aromatic carbocycles. The number of benzene rings is 2. The van der Waals surface area contributed by atoms with Crippen molar-refractivity contribution >= 4 is 17.6 Å². The van der Waals surface area contributed by atoms with Gasteiger partial charge in [-0.3, -0.25) is 9.59 Å². The molecule has 3 rings (SSSR count). The second-order valence-electron chi connectivity index (χ2n) is 5.29. The third-order valence-corrected chi connectivity index (χ3v) is 3.96. The molecule has 0 aliphatic carbocycles. The molecule has 22 heavy (non-hydrogen) atoms. The zero-order chi connectivity index (χ0) is 15.6. The summed E-state index contributed by atoms with van der Waals surface area (Å²) in [7, 11) is 0. The lowest BCUT2D eigenvalue weighted by molar-refractivity contribution is -0.153. The van der Waals surface area contributed by atoms with Gasteiger partial charge in [-0.2, -0.15) is 0 Å². The Bertz CT molecular complexity index is 711. The van der Waals surface area contributed by atoms with E-state index in [-0.39, 0.29) is 18.9 Å². The van der Waals surface area contributed by atoms with E-state index in [4.69, 9.17) is 4.74 Å². The number of rotatable bonds is 4. The molecule has 0 unspecified atom stereocenters. The van der Waals surface area contributed by atoms with Gasteiger partial charge in [0.2, 0.25) is 5.91 Å². The molecule has 0 saturated carbocycles. The first-order chi connectivity index (χ1) is 10.7. The SMILES string of the molecule is CCOC(=O)[C@@]1(Cc2ccccc2)C(=O)Nc2ccccc21. The average Bonchev–Trinajstić information content (AvgIpc) is 2.82. The summed E-state index contributed by atoms with van der Waals surface area (Å²) in [5.41, 5.74) is 0.967. The molecular weight excluding hydrogens is 278 g/mol. The van der Waals surface area contributed by atoms with Gasteiger partial charge >= 0.3 is 5.97 Å². The maximum atomic E-state index is 12.7. The highest BCUT2D eigenvalue weighted by Crippen LogP contribution is 2.41. The molecule has 0 saturated heterocycles. The van der Waals surface area contributed by atoms with Crippen molar-refractivity contribution in [2.24, 2.45) is 0 Å². The van der Waals surface area contributed by atoms with Gasteiger partial charge in [-0.15, -0.1) is 0 Å². The highest BCUT2D eigenvalue weighted by atomic mass is 16.5. The van der Waals surface area contributed by atoms with Gasteiger partial charge in [0.05, 0.1) is 6.61 Å². The van der Waals surface area contributed by atoms with Crippen molar-refractivity contribution in [3.63, 3.8) is 0 Å². The standard InChI is InChI=1S/C18H17NO3/c1-2-22-17(21)18(12-13-8-4-3-5-9-13)14-10-6-7-11-15(14)19-16(18)20/h3-11H,2,12H2,1H3,(H,19,20)/t18-/m1/s1. The quantitative estimate of drug-likeness (QED) is 0.697. The summed E-state index contributed by atoms with van der Waals surface area (Å²) in [6.45, 7) is 1.98. The summed E-state index contributed by atoms with van der Waals surface area (Å²) in [6.07, 6.45) is 0.287. The predicted molar refractivity (Wildman–Crippen MR) is 83.5 cm³/mol. The summed E-state index contributed by atoms with van der Waals surface area (Å²) >= 11 is 0. The number of hydrogen-bond donors (Lipinski definition) is 1. The van der Waals surface area contributed by atoms with E-state index in [9.17, 15) is 9.59 Å². The third-order valence-electron chi connectivity index (χ3n) is 3.96. The maximum Gasteiger partial charge on any atom is 0.326 e. The number of nitrogens with one attached hydrogen (secondary N) is 1. The molecule has 0 aromatic heterocycles. The molecule has 112 valence electrons. The Morgan fingerprint density at radius 3 is 2.50 bits per heavy atom. The van der Waals surface area contributed by atoms with E-state index in [2.05, 4.69) is 5.32 Å². The van der Waals surface area contributed by atoms with Gasteiger partial charge in [0, 0.05) is 17.7 Å². The predicted octanol–water partition coefficient (Wildman–Crippen LogP) is 2.68. The van der Waals surface area contributed by atoms with Crippen molar-refractivity contribution in [1.29, 1.82) is 0 Å². The summed E-state index contributed by atoms with van der Waals surface area (Å²) in [6, 6.07) is 16.8. The topological polar surface area (TPSA) is 55.4 Å². The normalized spacial score (nSPS) is 19.4. The Morgan fingerprint density at radius 2 is 1.77 bits per heavy atom. The van der Waals surface area contributed by atoms with Crippen molar-refractivity contribution in [3.05, 3.63) is 65.7 Å². The molecule has 1 amide bonds. The van der Waals surface area contributed by atoms with Crippen molar-refractivity contribution in [3.8, 4) is 0 Å². The van der Waals surface area contributed by atoms with E-state index in [0.717, 1.165) is 5.56 Å². The van der Waals surface area contributed by atoms with Crippen LogP contribution in [0.15, 0.2) is 54.6 Å². The lowest BCUT2D eigenvalue weighted by Crippen LogP contribution is -2.45. The van der Waals surface area contributed by atoms with Crippen molar-refractivity contribution in [2.45, 2.75) is 18.8 Å². The highest BCUT2D eigenvalue weighted by molar-refractivity contribution is 6.19. The summed E-state index contributed by atoms with van der Waals surface area (Å²) in [4.78, 5) is 25.3. The molecular formula is C18H17NO3. The largest absolute Gasteiger partial charge is 0.465 e. The number of amides is 1. The van der Waals surface area contributed by atoms with Gasteiger partial charge in [0.25, 0.3) is 0 Å². The smallest absolute Gasteiger partial charge is 0.326 e. The molecule has 0 fully saturated rings. The molecule has 1 aliphatic rings. The molecule has 0 spiro atoms. The zero-order valence-corrected chi connectivity index (χ0v) is 12.3. The number of anilines is 1. The second-order valence-corrected chi connectivity index (χ2v) is 5.29. The first-order valence-electron chi connectivity index (χ1n) is 7.30. The minimum Gasteiger partial charge on any atom is -0.465 e. The number of para-hydroxylation sites is 1. The maximum absolute atomic E-state index is 12.7. The van der Waals surface area contributed by atoms with Crippen molar-refractivity contribution < 1.29 is 14.3 Å². The number of esters is 1. The molecule has 1 atom stereocenters. The van der Waals surface area contributed by atoms with E-state index >= 15 is 0 Å². The van der Waals surface area contributed by atoms with Crippen LogP contribution in [0.25, 0.3) is 0 Å². The molecule has 1 heterocycles. The van der Waals surface area contributed by atoms with Crippen LogP contribution in [0.1, 0.15) is 18.1 Å². The fraction of sp³-hybridized carbons (Fsp3) is 0.222. The van der Waals surface area contributed by atoms with Gasteiger partial charge in [0.1, 0.15) is 0 Å². The van der Waals surface area contributed by atoms with Crippen LogP contribution in [0, 0.1) is 0 Å². The third kappa shape index (κ3) is 2.17. The first-order valence-corrected chi connectivity index (χ1v) is 7.30. The summed E-state index contributed by atoms with van der Waals surface area (Å²) in [5.74, 6) is -0.822. The molecule has 4 heteroatoms. The monoisotopic (exact) mass is 295 g/mol. The molecule has 1 aliphatic heterocycles. The van der Waals surface area contributed by atoms with Crippen LogP contribution >= 0.6 is 0 Å². The lowest BCUT2D eigenvalue weighted by Gasteiger charge is -2.25. The first kappa shape index (κ1) is 14.3. The van der Waals surface area contributed by atoms with E-state index < -0.39 is 11.4 Å². The second kappa shape index (κ2) is 5.64. The Balaban J connectivity index is 2.12. The Morgan fingerprint density at radius 1 is 1.09 bits per heavy atom. The van der Waals surface area contributed by atoms with Crippen LogP contribution < -0.4 is 5.32 Å². The van der Waals surface area contributed by atoms with Crippen molar-refractivity contribution in [2.75, 3.05) is 11.9 Å². The van der Waals surface area contributed by atoms with Gasteiger partial charge in [-0.1, -0.05) is 48.5 Å².